The van der Waals surface area contributed by atoms with Gasteiger partial charge in [-0.15, -0.1) is 22.7 Å². The molecule has 31 heavy (non-hydrogen) atoms. The van der Waals surface area contributed by atoms with Crippen molar-refractivity contribution in [1.82, 2.24) is 5.32 Å². The fourth-order valence-corrected chi connectivity index (χ4v) is 6.51. The molecule has 1 amide bonds. The molecule has 2 N–H and O–H groups in total. The van der Waals surface area contributed by atoms with E-state index in [1.54, 1.807) is 20.1 Å². The minimum Gasteiger partial charge on any atom is -0.497 e. The summed E-state index contributed by atoms with van der Waals surface area (Å²) >= 11 is 14.5. The number of thiophene rings is 2. The van der Waals surface area contributed by atoms with E-state index in [1.807, 2.05) is 12.1 Å². The molecule has 1 aliphatic rings. The zero-order valence-electron chi connectivity index (χ0n) is 16.8. The maximum atomic E-state index is 12.8. The Hall–Kier alpha value is -2.20. The average Bonchev–Trinajstić information content (AvgIpc) is 3.40. The van der Waals surface area contributed by atoms with Crippen LogP contribution in [-0.4, -0.2) is 30.7 Å². The van der Waals surface area contributed by atoms with Gasteiger partial charge in [-0.3, -0.25) is 10.1 Å². The third-order valence-electron chi connectivity index (χ3n) is 4.90. The Morgan fingerprint density at radius 2 is 2.06 bits per heavy atom. The second-order valence-electron chi connectivity index (χ2n) is 6.80. The van der Waals surface area contributed by atoms with Gasteiger partial charge in [0.25, 0.3) is 5.91 Å². The molecule has 0 spiro atoms. The molecule has 162 valence electrons. The van der Waals surface area contributed by atoms with Crippen molar-refractivity contribution >= 4 is 78.6 Å². The first kappa shape index (κ1) is 22.0. The highest BCUT2D eigenvalue weighted by molar-refractivity contribution is 7.80. The number of ether oxygens (including phenoxy) is 2. The number of fused-ring (bicyclic) bond motifs is 2. The maximum absolute atomic E-state index is 12.8. The fraction of sp³-hybridized carbons (Fsp3) is 0.286. The van der Waals surface area contributed by atoms with Crippen LogP contribution in [-0.2, 0) is 17.6 Å². The van der Waals surface area contributed by atoms with Gasteiger partial charge in [0, 0.05) is 15.0 Å². The van der Waals surface area contributed by atoms with Gasteiger partial charge in [-0.05, 0) is 62.2 Å². The number of esters is 1. The first-order valence-corrected chi connectivity index (χ1v) is 12.0. The molecule has 10 heteroatoms. The topological polar surface area (TPSA) is 76.7 Å². The first-order chi connectivity index (χ1) is 14.9. The van der Waals surface area contributed by atoms with Crippen LogP contribution in [0.5, 0.6) is 5.75 Å². The summed E-state index contributed by atoms with van der Waals surface area (Å²) in [5.41, 5.74) is 1.53. The van der Waals surface area contributed by atoms with Gasteiger partial charge in [0.2, 0.25) is 0 Å². The number of carbonyl (C=O) groups is 2. The molecule has 0 atom stereocenters. The first-order valence-electron chi connectivity index (χ1n) is 9.63. The summed E-state index contributed by atoms with van der Waals surface area (Å²) in [7, 11) is 1.58. The van der Waals surface area contributed by atoms with E-state index in [1.165, 1.54) is 22.7 Å². The summed E-state index contributed by atoms with van der Waals surface area (Å²) < 4.78 is 11.3. The number of amides is 1. The summed E-state index contributed by atoms with van der Waals surface area (Å²) in [6.45, 7) is 2.06. The lowest BCUT2D eigenvalue weighted by molar-refractivity contribution is 0.0527. The van der Waals surface area contributed by atoms with Crippen LogP contribution in [0.3, 0.4) is 0 Å². The molecule has 0 saturated carbocycles. The van der Waals surface area contributed by atoms with Gasteiger partial charge in [-0.2, -0.15) is 0 Å². The number of carbonyl (C=O) groups excluding carboxylic acids is 2. The van der Waals surface area contributed by atoms with Crippen LogP contribution < -0.4 is 15.4 Å². The zero-order chi connectivity index (χ0) is 22.1. The van der Waals surface area contributed by atoms with E-state index >= 15 is 0 Å². The lowest BCUT2D eigenvalue weighted by Gasteiger charge is -2.10. The fourth-order valence-electron chi connectivity index (χ4n) is 3.52. The highest BCUT2D eigenvalue weighted by atomic mass is 35.5. The van der Waals surface area contributed by atoms with E-state index < -0.39 is 5.91 Å². The Kier molecular flexibility index (Phi) is 6.47. The second-order valence-corrected chi connectivity index (χ2v) is 9.74. The van der Waals surface area contributed by atoms with Crippen LogP contribution in [0, 0.1) is 0 Å². The van der Waals surface area contributed by atoms with Crippen molar-refractivity contribution in [2.45, 2.75) is 26.2 Å². The normalized spacial score (nSPS) is 12.5. The molecule has 2 aromatic heterocycles. The minimum atomic E-state index is -0.413. The highest BCUT2D eigenvalue weighted by Crippen LogP contribution is 2.40. The van der Waals surface area contributed by atoms with E-state index in [9.17, 15) is 9.59 Å². The molecular weight excluding hydrogens is 476 g/mol. The molecule has 0 unspecified atom stereocenters. The maximum Gasteiger partial charge on any atom is 0.341 e. The van der Waals surface area contributed by atoms with Crippen LogP contribution in [0.15, 0.2) is 18.2 Å². The zero-order valence-corrected chi connectivity index (χ0v) is 20.0. The smallest absolute Gasteiger partial charge is 0.341 e. The van der Waals surface area contributed by atoms with E-state index in [0.717, 1.165) is 39.8 Å². The van der Waals surface area contributed by atoms with Gasteiger partial charge in [-0.1, -0.05) is 11.6 Å². The number of thiocarbonyl (C=S) groups is 1. The third kappa shape index (κ3) is 4.27. The number of methoxy groups -OCH3 is 1. The molecule has 2 heterocycles. The molecule has 1 aliphatic carbocycles. The van der Waals surface area contributed by atoms with Crippen molar-refractivity contribution in [2.75, 3.05) is 19.0 Å². The standard InChI is InChI=1S/C21H19ClN2O4S3/c1-3-28-20(26)15-11-5-4-6-13(11)31-19(15)24-21(29)23-18(25)17-16(22)12-8-7-10(27-2)9-14(12)30-17/h7-9H,3-6H2,1-2H3,(H2,23,24,25,29). The number of nitrogens with one attached hydrogen (secondary N) is 2. The number of anilines is 1. The van der Waals surface area contributed by atoms with Crippen molar-refractivity contribution in [3.8, 4) is 5.75 Å². The van der Waals surface area contributed by atoms with Gasteiger partial charge in [0.1, 0.15) is 15.6 Å². The second kappa shape index (κ2) is 9.12. The molecule has 0 radical (unpaired) electrons. The number of benzene rings is 1. The van der Waals surface area contributed by atoms with Crippen molar-refractivity contribution in [3.63, 3.8) is 0 Å². The lowest BCUT2D eigenvalue weighted by Crippen LogP contribution is -2.34. The quantitative estimate of drug-likeness (QED) is 0.364. The van der Waals surface area contributed by atoms with Crippen LogP contribution >= 0.6 is 46.5 Å². The predicted octanol–water partition coefficient (Wildman–Crippen LogP) is 5.42. The third-order valence-corrected chi connectivity index (χ3v) is 7.97. The van der Waals surface area contributed by atoms with Crippen molar-refractivity contribution in [1.29, 1.82) is 0 Å². The lowest BCUT2D eigenvalue weighted by atomic mass is 10.1. The molecule has 6 nitrogen and oxygen atoms in total. The van der Waals surface area contributed by atoms with Crippen LogP contribution in [0.2, 0.25) is 5.02 Å². The van der Waals surface area contributed by atoms with E-state index in [2.05, 4.69) is 10.6 Å². The predicted molar refractivity (Wildman–Crippen MR) is 129 cm³/mol. The summed E-state index contributed by atoms with van der Waals surface area (Å²) in [6.07, 6.45) is 2.78. The monoisotopic (exact) mass is 494 g/mol. The van der Waals surface area contributed by atoms with Crippen molar-refractivity contribution in [2.24, 2.45) is 0 Å². The molecule has 4 rings (SSSR count). The van der Waals surface area contributed by atoms with Crippen LogP contribution in [0.4, 0.5) is 5.00 Å². The Morgan fingerprint density at radius 3 is 2.81 bits per heavy atom. The van der Waals surface area contributed by atoms with Gasteiger partial charge in [0.15, 0.2) is 5.11 Å². The van der Waals surface area contributed by atoms with E-state index in [0.29, 0.717) is 32.8 Å². The summed E-state index contributed by atoms with van der Waals surface area (Å²) in [6, 6.07) is 5.44. The SMILES string of the molecule is CCOC(=O)c1c(NC(=S)NC(=O)c2sc3cc(OC)ccc3c2Cl)sc2c1CCC2. The van der Waals surface area contributed by atoms with Crippen molar-refractivity contribution in [3.05, 3.63) is 44.1 Å². The van der Waals surface area contributed by atoms with Gasteiger partial charge >= 0.3 is 5.97 Å². The molecule has 0 aliphatic heterocycles. The molecule has 0 saturated heterocycles. The largest absolute Gasteiger partial charge is 0.497 e. The molecular formula is C21H19ClN2O4S3. The number of aryl methyl sites for hydroxylation is 1. The van der Waals surface area contributed by atoms with Gasteiger partial charge in [0.05, 0.1) is 24.3 Å². The molecule has 3 aromatic rings. The Balaban J connectivity index is 1.53. The number of halogens is 1. The van der Waals surface area contributed by atoms with Gasteiger partial charge in [-0.25, -0.2) is 4.79 Å². The summed E-state index contributed by atoms with van der Waals surface area (Å²) in [4.78, 5) is 26.8. The van der Waals surface area contributed by atoms with E-state index in [4.69, 9.17) is 33.3 Å². The summed E-state index contributed by atoms with van der Waals surface area (Å²) in [5, 5.41) is 7.52. The van der Waals surface area contributed by atoms with Crippen LogP contribution in [0.1, 0.15) is 43.8 Å². The highest BCUT2D eigenvalue weighted by Gasteiger charge is 2.28. The molecule has 0 bridgehead atoms. The Morgan fingerprint density at radius 1 is 1.26 bits per heavy atom. The average molecular weight is 495 g/mol. The number of hydrogen-bond donors (Lipinski definition) is 2. The Bertz CT molecular complexity index is 1200. The number of hydrogen-bond acceptors (Lipinski definition) is 7. The molecule has 0 fully saturated rings. The minimum absolute atomic E-state index is 0.0987. The van der Waals surface area contributed by atoms with Crippen LogP contribution in [0.25, 0.3) is 10.1 Å². The van der Waals surface area contributed by atoms with Crippen molar-refractivity contribution < 1.29 is 19.1 Å². The van der Waals surface area contributed by atoms with E-state index in [-0.39, 0.29) is 11.1 Å². The number of rotatable bonds is 5. The Labute approximate surface area is 197 Å². The van der Waals surface area contributed by atoms with Gasteiger partial charge < -0.3 is 14.8 Å². The molecule has 1 aromatic carbocycles. The summed E-state index contributed by atoms with van der Waals surface area (Å²) in [5.74, 6) is -0.101.